The van der Waals surface area contributed by atoms with Crippen LogP contribution in [0.1, 0.15) is 16.1 Å². The van der Waals surface area contributed by atoms with E-state index in [1.807, 2.05) is 0 Å². The molecule has 4 aromatic rings. The highest BCUT2D eigenvalue weighted by atomic mass is 35.5. The second-order valence-corrected chi connectivity index (χ2v) is 6.88. The lowest BCUT2D eigenvalue weighted by Gasteiger charge is -2.07. The Morgan fingerprint density at radius 2 is 2.17 bits per heavy atom. The summed E-state index contributed by atoms with van der Waals surface area (Å²) in [4.78, 5) is 24.0. The number of aromatic nitrogens is 5. The minimum absolute atomic E-state index is 0.206. The highest BCUT2D eigenvalue weighted by molar-refractivity contribution is 6.32. The quantitative estimate of drug-likeness (QED) is 0.437. The molecule has 0 saturated heterocycles. The summed E-state index contributed by atoms with van der Waals surface area (Å²) in [6.07, 6.45) is 4.78. The summed E-state index contributed by atoms with van der Waals surface area (Å²) in [5.74, 6) is 0.382. The van der Waals surface area contributed by atoms with E-state index in [0.29, 0.717) is 33.5 Å². The van der Waals surface area contributed by atoms with Crippen molar-refractivity contribution in [3.05, 3.63) is 77.1 Å². The molecule has 8 nitrogen and oxygen atoms in total. The fourth-order valence-electron chi connectivity index (χ4n) is 2.83. The van der Waals surface area contributed by atoms with Crippen molar-refractivity contribution in [1.29, 1.82) is 0 Å². The highest BCUT2D eigenvalue weighted by Gasteiger charge is 2.14. The molecule has 1 aromatic carbocycles. The number of carbonyl (C=O) groups excluding carboxylic acids is 1. The minimum Gasteiger partial charge on any atom is -0.357 e. The predicted octanol–water partition coefficient (Wildman–Crippen LogP) is 3.67. The molecule has 10 heteroatoms. The number of aromatic amines is 1. The largest absolute Gasteiger partial charge is 0.357 e. The normalized spacial score (nSPS) is 10.8. The highest BCUT2D eigenvalue weighted by Crippen LogP contribution is 2.27. The van der Waals surface area contributed by atoms with Gasteiger partial charge in [-0.3, -0.25) is 9.48 Å². The van der Waals surface area contributed by atoms with Crippen molar-refractivity contribution in [2.45, 2.75) is 6.54 Å². The lowest BCUT2D eigenvalue weighted by molar-refractivity contribution is 0.0946. The van der Waals surface area contributed by atoms with Gasteiger partial charge in [0.15, 0.2) is 0 Å². The average molecular weight is 426 g/mol. The number of benzene rings is 1. The number of H-pyrrole nitrogens is 1. The van der Waals surface area contributed by atoms with E-state index >= 15 is 0 Å². The number of hydrogen-bond donors (Lipinski definition) is 3. The summed E-state index contributed by atoms with van der Waals surface area (Å²) in [7, 11) is 1.79. The van der Waals surface area contributed by atoms with Crippen molar-refractivity contribution >= 4 is 29.3 Å². The van der Waals surface area contributed by atoms with E-state index in [1.54, 1.807) is 48.4 Å². The zero-order chi connectivity index (χ0) is 21.1. The van der Waals surface area contributed by atoms with Crippen LogP contribution in [0.3, 0.4) is 0 Å². The van der Waals surface area contributed by atoms with E-state index in [9.17, 15) is 9.18 Å². The molecule has 3 heterocycles. The van der Waals surface area contributed by atoms with Crippen LogP contribution in [0.5, 0.6) is 0 Å². The third kappa shape index (κ3) is 4.31. The van der Waals surface area contributed by atoms with Crippen LogP contribution in [-0.4, -0.2) is 30.6 Å². The second-order valence-electron chi connectivity index (χ2n) is 6.47. The lowest BCUT2D eigenvalue weighted by Crippen LogP contribution is -2.23. The average Bonchev–Trinajstić information content (AvgIpc) is 3.37. The summed E-state index contributed by atoms with van der Waals surface area (Å²) in [5, 5.41) is 10.2. The Hall–Kier alpha value is -3.72. The molecule has 0 spiro atoms. The van der Waals surface area contributed by atoms with Crippen molar-refractivity contribution in [2.75, 3.05) is 5.32 Å². The van der Waals surface area contributed by atoms with Gasteiger partial charge in [0.25, 0.3) is 5.91 Å². The lowest BCUT2D eigenvalue weighted by atomic mass is 10.2. The first kappa shape index (κ1) is 19.6. The van der Waals surface area contributed by atoms with Crippen LogP contribution in [0, 0.1) is 5.82 Å². The summed E-state index contributed by atoms with van der Waals surface area (Å²) in [6, 6.07) is 9.49. The van der Waals surface area contributed by atoms with Crippen LogP contribution in [0.2, 0.25) is 5.02 Å². The third-order valence-corrected chi connectivity index (χ3v) is 4.62. The topological polar surface area (TPSA) is 101 Å². The number of carbonyl (C=O) groups is 1. The zero-order valence-electron chi connectivity index (χ0n) is 15.9. The van der Waals surface area contributed by atoms with Crippen LogP contribution < -0.4 is 10.6 Å². The van der Waals surface area contributed by atoms with E-state index < -0.39 is 0 Å². The number of nitrogens with zero attached hydrogens (tertiary/aromatic N) is 4. The van der Waals surface area contributed by atoms with Gasteiger partial charge in [0.2, 0.25) is 5.95 Å². The maximum Gasteiger partial charge on any atom is 0.267 e. The molecule has 0 fully saturated rings. The number of nitrogens with one attached hydrogen (secondary N) is 3. The van der Waals surface area contributed by atoms with Gasteiger partial charge in [-0.2, -0.15) is 5.10 Å². The Morgan fingerprint density at radius 3 is 2.93 bits per heavy atom. The molecule has 3 aromatic heterocycles. The molecule has 0 radical (unpaired) electrons. The SMILES string of the molecule is Cn1nccc1Nc1ncc(Cl)c(-c2c[nH]c(C(=O)NCc3cccc(F)c3)c2)n1. The molecule has 0 aliphatic carbocycles. The Labute approximate surface area is 176 Å². The molecule has 0 atom stereocenters. The maximum atomic E-state index is 13.3. The number of amides is 1. The van der Waals surface area contributed by atoms with Crippen LogP contribution in [0.15, 0.2) is 55.0 Å². The van der Waals surface area contributed by atoms with Gasteiger partial charge in [-0.15, -0.1) is 0 Å². The van der Waals surface area contributed by atoms with Gasteiger partial charge in [-0.1, -0.05) is 23.7 Å². The number of rotatable bonds is 6. The van der Waals surface area contributed by atoms with Crippen LogP contribution in [0.4, 0.5) is 16.2 Å². The number of anilines is 2. The molecule has 0 aliphatic rings. The van der Waals surface area contributed by atoms with Gasteiger partial charge in [0.05, 0.1) is 23.1 Å². The van der Waals surface area contributed by atoms with Crippen molar-refractivity contribution < 1.29 is 9.18 Å². The Bertz CT molecular complexity index is 1200. The van der Waals surface area contributed by atoms with Crippen molar-refractivity contribution in [3.63, 3.8) is 0 Å². The third-order valence-electron chi connectivity index (χ3n) is 4.35. The standard InChI is InChI=1S/C20H17ClFN7O/c1-29-17(5-6-26-29)27-20-25-11-15(21)18(28-20)13-8-16(23-10-13)19(30)24-9-12-3-2-4-14(22)7-12/h2-8,10-11,23H,9H2,1H3,(H,24,30)(H,25,27,28). The van der Waals surface area contributed by atoms with Gasteiger partial charge in [-0.05, 0) is 23.8 Å². The molecule has 0 unspecified atom stereocenters. The number of halogens is 2. The summed E-state index contributed by atoms with van der Waals surface area (Å²) in [6.45, 7) is 0.206. The van der Waals surface area contributed by atoms with E-state index in [1.165, 1.54) is 18.3 Å². The Kier molecular flexibility index (Phi) is 5.44. The van der Waals surface area contributed by atoms with E-state index in [2.05, 4.69) is 30.7 Å². The zero-order valence-corrected chi connectivity index (χ0v) is 16.6. The van der Waals surface area contributed by atoms with Gasteiger partial charge in [-0.25, -0.2) is 14.4 Å². The van der Waals surface area contributed by atoms with Gasteiger partial charge < -0.3 is 15.6 Å². The first-order valence-electron chi connectivity index (χ1n) is 8.98. The van der Waals surface area contributed by atoms with Crippen molar-refractivity contribution in [3.8, 4) is 11.3 Å². The summed E-state index contributed by atoms with van der Waals surface area (Å²) in [5.41, 5.74) is 2.10. The molecule has 152 valence electrons. The molecular formula is C20H17ClFN7O. The first-order chi connectivity index (χ1) is 14.5. The molecule has 3 N–H and O–H groups in total. The molecule has 30 heavy (non-hydrogen) atoms. The van der Waals surface area contributed by atoms with Crippen LogP contribution >= 0.6 is 11.6 Å². The van der Waals surface area contributed by atoms with Crippen LogP contribution in [-0.2, 0) is 13.6 Å². The monoisotopic (exact) mass is 425 g/mol. The van der Waals surface area contributed by atoms with E-state index in [4.69, 9.17) is 11.6 Å². The fraction of sp³-hybridized carbons (Fsp3) is 0.100. The fourth-order valence-corrected chi connectivity index (χ4v) is 3.03. The summed E-state index contributed by atoms with van der Waals surface area (Å²) >= 11 is 6.27. The van der Waals surface area contributed by atoms with Crippen molar-refractivity contribution in [1.82, 2.24) is 30.0 Å². The summed E-state index contributed by atoms with van der Waals surface area (Å²) < 4.78 is 14.9. The minimum atomic E-state index is -0.349. The number of hydrogen-bond acceptors (Lipinski definition) is 5. The molecule has 4 rings (SSSR count). The van der Waals surface area contributed by atoms with Gasteiger partial charge in [0, 0.05) is 31.4 Å². The molecular weight excluding hydrogens is 409 g/mol. The first-order valence-corrected chi connectivity index (χ1v) is 9.36. The van der Waals surface area contributed by atoms with E-state index in [-0.39, 0.29) is 18.3 Å². The van der Waals surface area contributed by atoms with Crippen molar-refractivity contribution in [2.24, 2.45) is 7.05 Å². The molecule has 0 saturated carbocycles. The van der Waals surface area contributed by atoms with Gasteiger partial charge in [0.1, 0.15) is 17.3 Å². The molecule has 1 amide bonds. The van der Waals surface area contributed by atoms with Crippen LogP contribution in [0.25, 0.3) is 11.3 Å². The van der Waals surface area contributed by atoms with E-state index in [0.717, 1.165) is 5.82 Å². The number of aryl methyl sites for hydroxylation is 1. The predicted molar refractivity (Wildman–Crippen MR) is 111 cm³/mol. The molecule has 0 bridgehead atoms. The molecule has 0 aliphatic heterocycles. The second kappa shape index (κ2) is 8.34. The maximum absolute atomic E-state index is 13.3. The van der Waals surface area contributed by atoms with Gasteiger partial charge >= 0.3 is 0 Å². The smallest absolute Gasteiger partial charge is 0.267 e. The Morgan fingerprint density at radius 1 is 1.30 bits per heavy atom. The Balaban J connectivity index is 1.49.